The van der Waals surface area contributed by atoms with E-state index in [2.05, 4.69) is 0 Å². The Kier molecular flexibility index (Phi) is 3.53. The molecule has 1 aliphatic heterocycles. The van der Waals surface area contributed by atoms with Gasteiger partial charge in [0.05, 0.1) is 0 Å². The molecule has 0 aliphatic carbocycles. The van der Waals surface area contributed by atoms with E-state index in [9.17, 15) is 4.39 Å². The van der Waals surface area contributed by atoms with E-state index >= 15 is 0 Å². The van der Waals surface area contributed by atoms with Crippen molar-refractivity contribution in [3.8, 4) is 11.5 Å². The summed E-state index contributed by atoms with van der Waals surface area (Å²) in [6.45, 7) is 2.38. The summed E-state index contributed by atoms with van der Waals surface area (Å²) in [5, 5.41) is 0.642. The van der Waals surface area contributed by atoms with Crippen LogP contribution in [-0.4, -0.2) is 12.7 Å². The summed E-state index contributed by atoms with van der Waals surface area (Å²) in [7, 11) is 0. The molecule has 2 aromatic rings. The molecule has 1 atom stereocenters. The predicted molar refractivity (Wildman–Crippen MR) is 76.2 cm³/mol. The maximum absolute atomic E-state index is 13.1. The molecule has 0 fully saturated rings. The third kappa shape index (κ3) is 2.73. The van der Waals surface area contributed by atoms with Crippen molar-refractivity contribution in [2.24, 2.45) is 0 Å². The number of hydrogen-bond donors (Lipinski definition) is 0. The maximum Gasteiger partial charge on any atom is 0.137 e. The average Bonchev–Trinajstić information content (AvgIpc) is 2.81. The highest BCUT2D eigenvalue weighted by Gasteiger charge is 2.24. The number of benzene rings is 2. The Balaban J connectivity index is 1.65. The van der Waals surface area contributed by atoms with Gasteiger partial charge in [0.2, 0.25) is 0 Å². The first kappa shape index (κ1) is 13.3. The topological polar surface area (TPSA) is 18.5 Å². The lowest BCUT2D eigenvalue weighted by Crippen LogP contribution is -2.22. The van der Waals surface area contributed by atoms with Crippen LogP contribution in [0.15, 0.2) is 36.4 Å². The van der Waals surface area contributed by atoms with Crippen LogP contribution >= 0.6 is 11.6 Å². The third-order valence-electron chi connectivity index (χ3n) is 3.34. The van der Waals surface area contributed by atoms with Crippen molar-refractivity contribution in [1.82, 2.24) is 0 Å². The Labute approximate surface area is 122 Å². The van der Waals surface area contributed by atoms with Crippen LogP contribution in [0.1, 0.15) is 11.1 Å². The van der Waals surface area contributed by atoms with Crippen LogP contribution in [-0.2, 0) is 6.42 Å². The first-order valence-corrected chi connectivity index (χ1v) is 6.83. The van der Waals surface area contributed by atoms with Gasteiger partial charge in [0.1, 0.15) is 30.0 Å². The van der Waals surface area contributed by atoms with Crippen LogP contribution in [0, 0.1) is 12.7 Å². The molecule has 0 aromatic heterocycles. The Morgan fingerprint density at radius 2 is 2.15 bits per heavy atom. The van der Waals surface area contributed by atoms with Gasteiger partial charge in [-0.2, -0.15) is 0 Å². The molecular weight excluding hydrogens is 279 g/mol. The van der Waals surface area contributed by atoms with Crippen LogP contribution in [0.3, 0.4) is 0 Å². The minimum absolute atomic E-state index is 0.0924. The summed E-state index contributed by atoms with van der Waals surface area (Å²) in [4.78, 5) is 0. The highest BCUT2D eigenvalue weighted by Crippen LogP contribution is 2.30. The molecule has 0 N–H and O–H groups in total. The Morgan fingerprint density at radius 3 is 3.00 bits per heavy atom. The molecule has 0 bridgehead atoms. The number of halogens is 2. The van der Waals surface area contributed by atoms with E-state index in [1.54, 1.807) is 12.1 Å². The fraction of sp³-hybridized carbons (Fsp3) is 0.250. The minimum Gasteiger partial charge on any atom is -0.489 e. The van der Waals surface area contributed by atoms with E-state index in [4.69, 9.17) is 21.1 Å². The van der Waals surface area contributed by atoms with Gasteiger partial charge in [0, 0.05) is 17.0 Å². The first-order valence-electron chi connectivity index (χ1n) is 6.46. The fourth-order valence-corrected chi connectivity index (χ4v) is 2.46. The number of rotatable bonds is 3. The molecule has 1 unspecified atom stereocenters. The van der Waals surface area contributed by atoms with Crippen molar-refractivity contribution in [3.63, 3.8) is 0 Å². The van der Waals surface area contributed by atoms with E-state index in [1.807, 2.05) is 19.1 Å². The zero-order valence-corrected chi connectivity index (χ0v) is 11.8. The number of aryl methyl sites for hydroxylation is 1. The van der Waals surface area contributed by atoms with Gasteiger partial charge in [0.25, 0.3) is 0 Å². The molecule has 104 valence electrons. The largest absolute Gasteiger partial charge is 0.489 e. The summed E-state index contributed by atoms with van der Waals surface area (Å²) >= 11 is 5.95. The van der Waals surface area contributed by atoms with Gasteiger partial charge in [-0.1, -0.05) is 17.7 Å². The van der Waals surface area contributed by atoms with Gasteiger partial charge in [0.15, 0.2) is 0 Å². The molecule has 0 saturated carbocycles. The van der Waals surface area contributed by atoms with E-state index < -0.39 is 0 Å². The van der Waals surface area contributed by atoms with E-state index in [0.717, 1.165) is 22.6 Å². The zero-order chi connectivity index (χ0) is 14.1. The van der Waals surface area contributed by atoms with Crippen molar-refractivity contribution in [2.45, 2.75) is 19.4 Å². The second-order valence-electron chi connectivity index (χ2n) is 4.92. The lowest BCUT2D eigenvalue weighted by atomic mass is 10.1. The predicted octanol–water partition coefficient (Wildman–Crippen LogP) is 4.17. The molecule has 20 heavy (non-hydrogen) atoms. The van der Waals surface area contributed by atoms with Crippen LogP contribution < -0.4 is 9.47 Å². The minimum atomic E-state index is -0.236. The molecule has 0 saturated heterocycles. The van der Waals surface area contributed by atoms with Gasteiger partial charge in [-0.3, -0.25) is 0 Å². The summed E-state index contributed by atoms with van der Waals surface area (Å²) in [5.41, 5.74) is 1.91. The fourth-order valence-electron chi connectivity index (χ4n) is 2.29. The average molecular weight is 293 g/mol. The zero-order valence-electron chi connectivity index (χ0n) is 11.0. The van der Waals surface area contributed by atoms with Crippen LogP contribution in [0.4, 0.5) is 4.39 Å². The van der Waals surface area contributed by atoms with Gasteiger partial charge in [-0.15, -0.1) is 0 Å². The maximum atomic E-state index is 13.1. The molecule has 4 heteroatoms. The Bertz CT molecular complexity index is 642. The normalized spacial score (nSPS) is 16.6. The second kappa shape index (κ2) is 5.33. The molecule has 3 rings (SSSR count). The van der Waals surface area contributed by atoms with Crippen molar-refractivity contribution < 1.29 is 13.9 Å². The van der Waals surface area contributed by atoms with Crippen LogP contribution in [0.5, 0.6) is 11.5 Å². The number of ether oxygens (including phenoxy) is 2. The highest BCUT2D eigenvalue weighted by atomic mass is 35.5. The Hall–Kier alpha value is -1.74. The second-order valence-corrected chi connectivity index (χ2v) is 5.35. The van der Waals surface area contributed by atoms with E-state index in [1.165, 1.54) is 12.1 Å². The number of fused-ring (bicyclic) bond motifs is 1. The summed E-state index contributed by atoms with van der Waals surface area (Å²) in [5.74, 6) is 1.26. The van der Waals surface area contributed by atoms with Crippen molar-refractivity contribution in [2.75, 3.05) is 6.61 Å². The van der Waals surface area contributed by atoms with Crippen LogP contribution in [0.25, 0.3) is 0 Å². The first-order chi connectivity index (χ1) is 9.61. The lowest BCUT2D eigenvalue weighted by Gasteiger charge is -2.14. The third-order valence-corrected chi connectivity index (χ3v) is 3.57. The Morgan fingerprint density at radius 1 is 1.30 bits per heavy atom. The van der Waals surface area contributed by atoms with Crippen molar-refractivity contribution in [1.29, 1.82) is 0 Å². The summed E-state index contributed by atoms with van der Waals surface area (Å²) in [6.07, 6.45) is 0.567. The lowest BCUT2D eigenvalue weighted by molar-refractivity contribution is 0.148. The summed E-state index contributed by atoms with van der Waals surface area (Å²) in [6, 6.07) is 10.1. The quantitative estimate of drug-likeness (QED) is 0.845. The SMILES string of the molecule is Cc1ccc(Cl)cc1OCC1Cc2cc(F)ccc2O1. The number of hydrogen-bond acceptors (Lipinski definition) is 2. The molecule has 2 aromatic carbocycles. The van der Waals surface area contributed by atoms with E-state index in [-0.39, 0.29) is 11.9 Å². The highest BCUT2D eigenvalue weighted by molar-refractivity contribution is 6.30. The van der Waals surface area contributed by atoms with Gasteiger partial charge in [-0.25, -0.2) is 4.39 Å². The van der Waals surface area contributed by atoms with Gasteiger partial charge < -0.3 is 9.47 Å². The smallest absolute Gasteiger partial charge is 0.137 e. The molecule has 0 radical (unpaired) electrons. The van der Waals surface area contributed by atoms with Gasteiger partial charge in [-0.05, 0) is 42.8 Å². The van der Waals surface area contributed by atoms with Gasteiger partial charge >= 0.3 is 0 Å². The molecule has 2 nitrogen and oxygen atoms in total. The van der Waals surface area contributed by atoms with Crippen molar-refractivity contribution >= 4 is 11.6 Å². The standard InChI is InChI=1S/C16H14ClFO2/c1-10-2-3-12(17)8-16(10)19-9-14-7-11-6-13(18)4-5-15(11)20-14/h2-6,8,14H,7,9H2,1H3. The summed E-state index contributed by atoms with van der Waals surface area (Å²) < 4.78 is 24.6. The molecule has 0 amide bonds. The molecule has 0 spiro atoms. The monoisotopic (exact) mass is 292 g/mol. The molecule has 1 heterocycles. The molecular formula is C16H14ClFO2. The van der Waals surface area contributed by atoms with Crippen LogP contribution in [0.2, 0.25) is 5.02 Å². The molecule has 1 aliphatic rings. The van der Waals surface area contributed by atoms with E-state index in [0.29, 0.717) is 18.1 Å². The van der Waals surface area contributed by atoms with Crippen molar-refractivity contribution in [3.05, 3.63) is 58.4 Å².